The van der Waals surface area contributed by atoms with Crippen molar-refractivity contribution in [3.8, 4) is 5.75 Å². The molecule has 132 valence electrons. The predicted octanol–water partition coefficient (Wildman–Crippen LogP) is 2.45. The van der Waals surface area contributed by atoms with Crippen molar-refractivity contribution in [2.45, 2.75) is 18.9 Å². The summed E-state index contributed by atoms with van der Waals surface area (Å²) in [7, 11) is 0. The van der Waals surface area contributed by atoms with Crippen LogP contribution in [0.25, 0.3) is 0 Å². The van der Waals surface area contributed by atoms with E-state index in [1.807, 2.05) is 49.4 Å². The van der Waals surface area contributed by atoms with Crippen LogP contribution >= 0.6 is 0 Å². The minimum absolute atomic E-state index is 0.0471. The molecule has 1 aliphatic rings. The predicted molar refractivity (Wildman–Crippen MR) is 99.8 cm³/mol. The number of hydrogen-bond donors (Lipinski definition) is 2. The maximum absolute atomic E-state index is 12.4. The molecule has 1 aliphatic heterocycles. The number of nitrogens with zero attached hydrogens (tertiary/aromatic N) is 1. The number of ether oxygens (including phenoxy) is 1. The molecule has 0 aliphatic carbocycles. The normalized spacial score (nSPS) is 20.4. The topological polar surface area (TPSA) is 67.6 Å². The molecule has 1 amide bonds. The van der Waals surface area contributed by atoms with E-state index in [2.05, 4.69) is 22.3 Å². The van der Waals surface area contributed by atoms with Gasteiger partial charge in [0.05, 0.1) is 18.8 Å². The number of rotatable bonds is 6. The summed E-state index contributed by atoms with van der Waals surface area (Å²) in [6, 6.07) is 17.8. The summed E-state index contributed by atoms with van der Waals surface area (Å²) in [5.41, 5.74) is 8.24. The fourth-order valence-electron chi connectivity index (χ4n) is 3.34. The van der Waals surface area contributed by atoms with Gasteiger partial charge in [0, 0.05) is 25.0 Å². The molecule has 3 N–H and O–H groups in total. The molecule has 0 bridgehead atoms. The number of likely N-dealkylation sites (tertiary alicyclic amines) is 1. The number of nitrogens with two attached hydrogens (primary N) is 1. The Hall–Kier alpha value is -2.37. The second-order valence-electron chi connectivity index (χ2n) is 6.35. The zero-order valence-electron chi connectivity index (χ0n) is 14.5. The first-order valence-electron chi connectivity index (χ1n) is 8.72. The largest absolute Gasteiger partial charge is 0.492 e. The van der Waals surface area contributed by atoms with E-state index in [9.17, 15) is 4.79 Å². The van der Waals surface area contributed by atoms with Gasteiger partial charge in [-0.15, -0.1) is 0 Å². The first kappa shape index (κ1) is 17.5. The van der Waals surface area contributed by atoms with Crippen molar-refractivity contribution in [2.75, 3.05) is 31.6 Å². The number of nitrogens with one attached hydrogen (secondary N) is 1. The monoisotopic (exact) mass is 339 g/mol. The lowest BCUT2D eigenvalue weighted by Crippen LogP contribution is -2.33. The van der Waals surface area contributed by atoms with Crippen molar-refractivity contribution in [3.05, 3.63) is 60.2 Å². The molecule has 3 rings (SSSR count). The molecule has 2 atom stereocenters. The van der Waals surface area contributed by atoms with Gasteiger partial charge in [0.1, 0.15) is 5.75 Å². The third-order valence-electron chi connectivity index (χ3n) is 4.50. The third-order valence-corrected chi connectivity index (χ3v) is 4.50. The Kier molecular flexibility index (Phi) is 5.68. The van der Waals surface area contributed by atoms with E-state index in [4.69, 9.17) is 10.5 Å². The second-order valence-corrected chi connectivity index (χ2v) is 6.35. The zero-order valence-corrected chi connectivity index (χ0v) is 14.5. The number of para-hydroxylation sites is 2. The van der Waals surface area contributed by atoms with E-state index >= 15 is 0 Å². The molecule has 0 spiro atoms. The number of anilines is 1. The van der Waals surface area contributed by atoms with Crippen LogP contribution in [0.1, 0.15) is 18.4 Å². The first-order chi connectivity index (χ1) is 12.2. The van der Waals surface area contributed by atoms with Crippen LogP contribution in [0.2, 0.25) is 0 Å². The van der Waals surface area contributed by atoms with Crippen LogP contribution in [0.4, 0.5) is 5.69 Å². The lowest BCUT2D eigenvalue weighted by Gasteiger charge is -2.17. The Balaban J connectivity index is 1.59. The van der Waals surface area contributed by atoms with Crippen molar-refractivity contribution in [1.82, 2.24) is 4.90 Å². The highest BCUT2D eigenvalue weighted by molar-refractivity contribution is 5.93. The Morgan fingerprint density at radius 1 is 1.16 bits per heavy atom. The average molecular weight is 339 g/mol. The van der Waals surface area contributed by atoms with Gasteiger partial charge < -0.3 is 15.8 Å². The molecule has 0 saturated carbocycles. The zero-order chi connectivity index (χ0) is 17.6. The first-order valence-corrected chi connectivity index (χ1v) is 8.72. The van der Waals surface area contributed by atoms with Crippen LogP contribution in [0.5, 0.6) is 5.75 Å². The van der Waals surface area contributed by atoms with Crippen molar-refractivity contribution in [1.29, 1.82) is 0 Å². The Labute approximate surface area is 148 Å². The number of carbonyl (C=O) groups is 1. The summed E-state index contributed by atoms with van der Waals surface area (Å²) in [4.78, 5) is 14.5. The van der Waals surface area contributed by atoms with Crippen molar-refractivity contribution in [3.63, 3.8) is 0 Å². The second kappa shape index (κ2) is 8.14. The molecule has 1 fully saturated rings. The van der Waals surface area contributed by atoms with Crippen LogP contribution in [0.3, 0.4) is 0 Å². The van der Waals surface area contributed by atoms with Crippen LogP contribution in [-0.2, 0) is 4.79 Å². The number of carbonyl (C=O) groups excluding carboxylic acids is 1. The molecule has 5 nitrogen and oxygen atoms in total. The van der Waals surface area contributed by atoms with Gasteiger partial charge in [-0.2, -0.15) is 0 Å². The number of amides is 1. The average Bonchev–Trinajstić information content (AvgIpc) is 2.98. The molecular weight excluding hydrogens is 314 g/mol. The van der Waals surface area contributed by atoms with Gasteiger partial charge in [0.2, 0.25) is 5.91 Å². The van der Waals surface area contributed by atoms with Gasteiger partial charge in [-0.3, -0.25) is 9.69 Å². The van der Waals surface area contributed by atoms with Gasteiger partial charge >= 0.3 is 0 Å². The minimum Gasteiger partial charge on any atom is -0.492 e. The summed E-state index contributed by atoms with van der Waals surface area (Å²) < 4.78 is 5.55. The van der Waals surface area contributed by atoms with Gasteiger partial charge in [-0.25, -0.2) is 0 Å². The number of benzene rings is 2. The maximum Gasteiger partial charge on any atom is 0.238 e. The fourth-order valence-corrected chi connectivity index (χ4v) is 3.34. The molecule has 1 saturated heterocycles. The summed E-state index contributed by atoms with van der Waals surface area (Å²) in [5, 5.41) is 2.95. The summed E-state index contributed by atoms with van der Waals surface area (Å²) >= 11 is 0. The minimum atomic E-state index is -0.0481. The lowest BCUT2D eigenvalue weighted by molar-refractivity contribution is -0.117. The Morgan fingerprint density at radius 3 is 2.64 bits per heavy atom. The van der Waals surface area contributed by atoms with Gasteiger partial charge in [-0.1, -0.05) is 42.5 Å². The van der Waals surface area contributed by atoms with Crippen LogP contribution < -0.4 is 15.8 Å². The van der Waals surface area contributed by atoms with Crippen molar-refractivity contribution < 1.29 is 9.53 Å². The highest BCUT2D eigenvalue weighted by atomic mass is 16.5. The smallest absolute Gasteiger partial charge is 0.238 e. The van der Waals surface area contributed by atoms with E-state index < -0.39 is 0 Å². The summed E-state index contributed by atoms with van der Waals surface area (Å²) in [5.74, 6) is 0.913. The van der Waals surface area contributed by atoms with E-state index in [0.29, 0.717) is 24.6 Å². The fraction of sp³-hybridized carbons (Fsp3) is 0.350. The lowest BCUT2D eigenvalue weighted by atomic mass is 9.95. The van der Waals surface area contributed by atoms with Gasteiger partial charge in [-0.05, 0) is 24.6 Å². The van der Waals surface area contributed by atoms with Crippen molar-refractivity contribution in [2.24, 2.45) is 5.73 Å². The molecule has 0 aromatic heterocycles. The highest BCUT2D eigenvalue weighted by Gasteiger charge is 2.32. The Morgan fingerprint density at radius 2 is 1.88 bits per heavy atom. The number of hydrogen-bond acceptors (Lipinski definition) is 4. The summed E-state index contributed by atoms with van der Waals surface area (Å²) in [6.45, 7) is 4.34. The molecule has 5 heteroatoms. The van der Waals surface area contributed by atoms with E-state index in [-0.39, 0.29) is 17.9 Å². The van der Waals surface area contributed by atoms with E-state index in [1.54, 1.807) is 0 Å². The van der Waals surface area contributed by atoms with Gasteiger partial charge in [0.15, 0.2) is 0 Å². The Bertz CT molecular complexity index is 705. The van der Waals surface area contributed by atoms with Gasteiger partial charge in [0.25, 0.3) is 0 Å². The standard InChI is InChI=1S/C20H25N3O2/c1-2-25-19-11-7-6-10-18(19)22-20(24)14-23-12-16(17(21)13-23)15-8-4-3-5-9-15/h3-11,16-17H,2,12-14,21H2,1H3,(H,22,24)/t16-,17+/m0/s1. The van der Waals surface area contributed by atoms with Crippen molar-refractivity contribution >= 4 is 11.6 Å². The quantitative estimate of drug-likeness (QED) is 0.848. The van der Waals surface area contributed by atoms with Crippen LogP contribution in [-0.4, -0.2) is 43.1 Å². The molecule has 2 aromatic rings. The third kappa shape index (κ3) is 4.38. The van der Waals surface area contributed by atoms with Crippen LogP contribution in [0.15, 0.2) is 54.6 Å². The molecule has 1 heterocycles. The molecule has 25 heavy (non-hydrogen) atoms. The maximum atomic E-state index is 12.4. The molecule has 0 radical (unpaired) electrons. The summed E-state index contributed by atoms with van der Waals surface area (Å²) in [6.07, 6.45) is 0. The molecular formula is C20H25N3O2. The SMILES string of the molecule is CCOc1ccccc1NC(=O)CN1C[C@@H](N)[C@H](c2ccccc2)C1. The molecule has 0 unspecified atom stereocenters. The molecule has 2 aromatic carbocycles. The highest BCUT2D eigenvalue weighted by Crippen LogP contribution is 2.27. The van der Waals surface area contributed by atoms with E-state index in [0.717, 1.165) is 13.1 Å². The van der Waals surface area contributed by atoms with Crippen LogP contribution in [0, 0.1) is 0 Å². The van der Waals surface area contributed by atoms with E-state index in [1.165, 1.54) is 5.56 Å².